The first kappa shape index (κ1) is 94.1. The number of hydrogen-bond acceptors (Lipinski definition) is 15. The Kier molecular flexibility index (Phi) is 65.0. The smallest absolute Gasteiger partial charge is 0.462 e. The van der Waals surface area contributed by atoms with Crippen molar-refractivity contribution < 1.29 is 80.2 Å². The molecule has 0 aliphatic carbocycles. The van der Waals surface area contributed by atoms with Crippen molar-refractivity contribution in [3.63, 3.8) is 0 Å². The van der Waals surface area contributed by atoms with Crippen molar-refractivity contribution in [3.05, 3.63) is 0 Å². The van der Waals surface area contributed by atoms with Gasteiger partial charge in [0.25, 0.3) is 0 Å². The Balaban J connectivity index is 5.12. The number of phosphoric acid groups is 2. The van der Waals surface area contributed by atoms with E-state index >= 15 is 0 Å². The Hall–Kier alpha value is -1.94. The van der Waals surface area contributed by atoms with Gasteiger partial charge in [-0.15, -0.1) is 0 Å². The zero-order valence-corrected chi connectivity index (χ0v) is 64.8. The summed E-state index contributed by atoms with van der Waals surface area (Å²) in [4.78, 5) is 72.7. The highest BCUT2D eigenvalue weighted by atomic mass is 31.2. The fourth-order valence-electron chi connectivity index (χ4n) is 11.7. The highest BCUT2D eigenvalue weighted by Crippen LogP contribution is 2.45. The van der Waals surface area contributed by atoms with Crippen molar-refractivity contribution >= 4 is 39.5 Å². The number of carbonyl (C=O) groups excluding carboxylic acids is 4. The topological polar surface area (TPSA) is 237 Å². The summed E-state index contributed by atoms with van der Waals surface area (Å²) in [7, 11) is -9.91. The number of aliphatic hydroxyl groups is 1. The van der Waals surface area contributed by atoms with Gasteiger partial charge < -0.3 is 33.8 Å². The third-order valence-electron chi connectivity index (χ3n) is 17.8. The molecule has 0 saturated heterocycles. The molecule has 3 N–H and O–H groups in total. The summed E-state index contributed by atoms with van der Waals surface area (Å²) in [5, 5.41) is 10.6. The van der Waals surface area contributed by atoms with Crippen LogP contribution in [0.15, 0.2) is 0 Å². The predicted octanol–water partition coefficient (Wildman–Crippen LogP) is 22.4. The predicted molar refractivity (Wildman–Crippen MR) is 391 cm³/mol. The SMILES string of the molecule is CC(C)CCCCCCCCCCCCCCCCCCC(=O)OC[C@H](COP(=O)(O)OCC(O)COP(=O)(O)OC[C@@H](COC(=O)CCCCCCCCC(C)C)OC(=O)CCCCCCCCCCCCCCCCCCC(C)C)OC(=O)CCCCCCCCC(C)C. The van der Waals surface area contributed by atoms with E-state index in [4.69, 9.17) is 37.0 Å². The van der Waals surface area contributed by atoms with E-state index in [2.05, 4.69) is 55.4 Å². The Morgan fingerprint density at radius 1 is 0.260 bits per heavy atom. The van der Waals surface area contributed by atoms with Gasteiger partial charge in [0, 0.05) is 25.7 Å². The quantitative estimate of drug-likeness (QED) is 0.0222. The number of ether oxygens (including phenoxy) is 4. The summed E-state index contributed by atoms with van der Waals surface area (Å²) < 4.78 is 68.4. The summed E-state index contributed by atoms with van der Waals surface area (Å²) in [6.07, 6.45) is 51.9. The maximum atomic E-state index is 13.0. The maximum Gasteiger partial charge on any atom is 0.472 e. The molecule has 0 fully saturated rings. The van der Waals surface area contributed by atoms with Gasteiger partial charge in [-0.3, -0.25) is 37.3 Å². The Bertz CT molecular complexity index is 1880. The van der Waals surface area contributed by atoms with Gasteiger partial charge in [0.15, 0.2) is 12.2 Å². The highest BCUT2D eigenvalue weighted by Gasteiger charge is 2.30. The molecular formula is C77H150O17P2. The maximum absolute atomic E-state index is 13.0. The second-order valence-corrected chi connectivity index (χ2v) is 32.6. The van der Waals surface area contributed by atoms with Gasteiger partial charge in [-0.25, -0.2) is 9.13 Å². The van der Waals surface area contributed by atoms with Gasteiger partial charge in [0.1, 0.15) is 19.3 Å². The van der Waals surface area contributed by atoms with Gasteiger partial charge in [-0.05, 0) is 49.4 Å². The highest BCUT2D eigenvalue weighted by molar-refractivity contribution is 7.47. The lowest BCUT2D eigenvalue weighted by Crippen LogP contribution is -2.30. The van der Waals surface area contributed by atoms with Crippen LogP contribution in [0, 0.1) is 23.7 Å². The van der Waals surface area contributed by atoms with Crippen LogP contribution >= 0.6 is 15.6 Å². The number of aliphatic hydroxyl groups excluding tert-OH is 1. The van der Waals surface area contributed by atoms with Crippen molar-refractivity contribution in [2.24, 2.45) is 23.7 Å². The minimum Gasteiger partial charge on any atom is -0.462 e. The van der Waals surface area contributed by atoms with E-state index in [0.29, 0.717) is 37.5 Å². The molecule has 570 valence electrons. The Labute approximate surface area is 588 Å². The molecule has 96 heavy (non-hydrogen) atoms. The van der Waals surface area contributed by atoms with Crippen LogP contribution in [-0.4, -0.2) is 96.7 Å². The average Bonchev–Trinajstić information content (AvgIpc) is 1.88. The van der Waals surface area contributed by atoms with Gasteiger partial charge >= 0.3 is 39.5 Å². The summed E-state index contributed by atoms with van der Waals surface area (Å²) in [6, 6.07) is 0. The average molecular weight is 1410 g/mol. The van der Waals surface area contributed by atoms with Crippen LogP contribution in [0.3, 0.4) is 0 Å². The molecule has 0 rings (SSSR count). The number of rotatable bonds is 74. The zero-order chi connectivity index (χ0) is 71.0. The molecule has 17 nitrogen and oxygen atoms in total. The third-order valence-corrected chi connectivity index (χ3v) is 19.7. The number of hydrogen-bond donors (Lipinski definition) is 3. The van der Waals surface area contributed by atoms with Crippen LogP contribution < -0.4 is 0 Å². The second kappa shape index (κ2) is 66.3. The number of carbonyl (C=O) groups is 4. The number of unbranched alkanes of at least 4 members (excludes halogenated alkanes) is 40. The van der Waals surface area contributed by atoms with Crippen molar-refractivity contribution in [1.29, 1.82) is 0 Å². The fraction of sp³-hybridized carbons (Fsp3) is 0.948. The Morgan fingerprint density at radius 3 is 0.646 bits per heavy atom. The monoisotopic (exact) mass is 1410 g/mol. The zero-order valence-electron chi connectivity index (χ0n) is 63.0. The van der Waals surface area contributed by atoms with E-state index < -0.39 is 97.5 Å². The van der Waals surface area contributed by atoms with Gasteiger partial charge in [-0.2, -0.15) is 0 Å². The minimum absolute atomic E-state index is 0.102. The first-order chi connectivity index (χ1) is 46.1. The minimum atomic E-state index is -4.96. The van der Waals surface area contributed by atoms with Crippen LogP contribution in [0.25, 0.3) is 0 Å². The second-order valence-electron chi connectivity index (χ2n) is 29.7. The van der Waals surface area contributed by atoms with E-state index in [1.54, 1.807) is 0 Å². The van der Waals surface area contributed by atoms with E-state index in [0.717, 1.165) is 108 Å². The van der Waals surface area contributed by atoms with Gasteiger partial charge in [-0.1, -0.05) is 338 Å². The largest absolute Gasteiger partial charge is 0.472 e. The summed E-state index contributed by atoms with van der Waals surface area (Å²) in [5.41, 5.74) is 0. The summed E-state index contributed by atoms with van der Waals surface area (Å²) in [6.45, 7) is 14.1. The summed E-state index contributed by atoms with van der Waals surface area (Å²) in [5.74, 6) is 0.844. The molecule has 5 atom stereocenters. The first-order valence-electron chi connectivity index (χ1n) is 39.7. The normalized spacial score (nSPS) is 14.1. The molecule has 0 bridgehead atoms. The molecule has 3 unspecified atom stereocenters. The molecule has 0 heterocycles. The van der Waals surface area contributed by atoms with Gasteiger partial charge in [0.2, 0.25) is 0 Å². The van der Waals surface area contributed by atoms with Crippen LogP contribution in [0.5, 0.6) is 0 Å². The first-order valence-corrected chi connectivity index (χ1v) is 42.7. The van der Waals surface area contributed by atoms with Crippen LogP contribution in [0.2, 0.25) is 0 Å². The molecule has 0 amide bonds. The van der Waals surface area contributed by atoms with Crippen LogP contribution in [0.4, 0.5) is 0 Å². The molecule has 0 radical (unpaired) electrons. The molecule has 19 heteroatoms. The lowest BCUT2D eigenvalue weighted by Gasteiger charge is -2.21. The fourth-order valence-corrected chi connectivity index (χ4v) is 13.3. The van der Waals surface area contributed by atoms with E-state index in [1.165, 1.54) is 186 Å². The molecule has 0 aromatic heterocycles. The molecular weight excluding hydrogens is 1260 g/mol. The van der Waals surface area contributed by atoms with Crippen molar-refractivity contribution in [2.45, 2.75) is 408 Å². The molecule has 0 aromatic carbocycles. The standard InChI is InChI=1S/C77H150O17P2/c1-67(2)53-45-37-29-25-21-17-13-9-11-15-19-23-27-31-41-49-57-74(79)87-63-73(94-77(82)60-52-44-36-34-40-48-56-70(7)8)66-92-96(85,86)90-62-71(78)61-89-95(83,84)91-65-72(64-88-75(80)58-50-42-35-33-39-47-55-69(5)6)93-76(81)59-51-43-32-28-24-20-16-12-10-14-18-22-26-30-38-46-54-68(3)4/h67-73,78H,9-66H2,1-8H3,(H,83,84)(H,85,86)/t71?,72-,73-/m1/s1. The van der Waals surface area contributed by atoms with Crippen LogP contribution in [0.1, 0.15) is 389 Å². The van der Waals surface area contributed by atoms with Crippen molar-refractivity contribution in [2.75, 3.05) is 39.6 Å². The number of phosphoric ester groups is 2. The molecule has 0 aliphatic heterocycles. The summed E-state index contributed by atoms with van der Waals surface area (Å²) >= 11 is 0. The van der Waals surface area contributed by atoms with Gasteiger partial charge in [0.05, 0.1) is 26.4 Å². The van der Waals surface area contributed by atoms with Crippen molar-refractivity contribution in [3.8, 4) is 0 Å². The van der Waals surface area contributed by atoms with Crippen molar-refractivity contribution in [1.82, 2.24) is 0 Å². The molecule has 0 saturated carbocycles. The molecule has 0 aromatic rings. The Morgan fingerprint density at radius 2 is 0.438 bits per heavy atom. The van der Waals surface area contributed by atoms with E-state index in [9.17, 15) is 43.2 Å². The van der Waals surface area contributed by atoms with Crippen LogP contribution in [-0.2, 0) is 65.4 Å². The van der Waals surface area contributed by atoms with E-state index in [-0.39, 0.29) is 25.7 Å². The molecule has 0 aliphatic rings. The third kappa shape index (κ3) is 70.5. The lowest BCUT2D eigenvalue weighted by molar-refractivity contribution is -0.161. The molecule has 0 spiro atoms. The van der Waals surface area contributed by atoms with E-state index in [1.807, 2.05) is 0 Å². The number of esters is 4. The lowest BCUT2D eigenvalue weighted by atomic mass is 10.0.